The Morgan fingerprint density at radius 1 is 0.839 bits per heavy atom. The van der Waals surface area contributed by atoms with Crippen molar-refractivity contribution in [2.45, 2.75) is 31.6 Å². The number of piperidine rings is 1. The highest BCUT2D eigenvalue weighted by Crippen LogP contribution is 2.32. The first-order chi connectivity index (χ1) is 15.2. The molecule has 0 spiro atoms. The second-order valence-electron chi connectivity index (χ2n) is 8.39. The van der Waals surface area contributed by atoms with Crippen LogP contribution in [0.15, 0.2) is 54.7 Å². The highest BCUT2D eigenvalue weighted by Gasteiger charge is 2.30. The van der Waals surface area contributed by atoms with E-state index in [1.165, 1.54) is 0 Å². The van der Waals surface area contributed by atoms with Crippen molar-refractivity contribution in [1.82, 2.24) is 19.8 Å². The zero-order valence-corrected chi connectivity index (χ0v) is 17.5. The third-order valence-electron chi connectivity index (χ3n) is 6.43. The monoisotopic (exact) mass is 414 g/mol. The van der Waals surface area contributed by atoms with Gasteiger partial charge in [0.15, 0.2) is 0 Å². The number of fused-ring (bicyclic) bond motifs is 1. The fourth-order valence-corrected chi connectivity index (χ4v) is 4.71. The molecule has 0 aliphatic carbocycles. The van der Waals surface area contributed by atoms with Crippen LogP contribution in [0.1, 0.15) is 58.1 Å². The molecule has 2 fully saturated rings. The predicted molar refractivity (Wildman–Crippen MR) is 119 cm³/mol. The smallest absolute Gasteiger partial charge is 0.272 e. The number of likely N-dealkylation sites (tertiary alicyclic amines) is 2. The number of aromatic nitrogens is 2. The zero-order chi connectivity index (χ0) is 21.2. The third kappa shape index (κ3) is 3.90. The Bertz CT molecular complexity index is 1100. The van der Waals surface area contributed by atoms with Gasteiger partial charge in [0.1, 0.15) is 5.69 Å². The Morgan fingerprint density at radius 3 is 2.29 bits per heavy atom. The predicted octanol–water partition coefficient (Wildman–Crippen LogP) is 3.89. The van der Waals surface area contributed by atoms with Gasteiger partial charge in [-0.1, -0.05) is 24.3 Å². The van der Waals surface area contributed by atoms with E-state index in [0.717, 1.165) is 60.9 Å². The van der Waals surface area contributed by atoms with E-state index in [1.807, 2.05) is 52.3 Å². The minimum Gasteiger partial charge on any atom is -0.339 e. The first-order valence-corrected chi connectivity index (χ1v) is 11.1. The summed E-state index contributed by atoms with van der Waals surface area (Å²) in [6.07, 6.45) is 5.37. The molecule has 0 bridgehead atoms. The van der Waals surface area contributed by atoms with E-state index in [9.17, 15) is 9.59 Å². The quantitative estimate of drug-likeness (QED) is 0.652. The summed E-state index contributed by atoms with van der Waals surface area (Å²) in [5, 5.41) is 0.997. The molecule has 2 saturated heterocycles. The molecule has 3 aromatic rings. The maximum Gasteiger partial charge on any atom is 0.272 e. The lowest BCUT2D eigenvalue weighted by atomic mass is 9.89. The van der Waals surface area contributed by atoms with Crippen molar-refractivity contribution in [3.05, 3.63) is 71.7 Å². The van der Waals surface area contributed by atoms with E-state index in [4.69, 9.17) is 4.98 Å². The van der Waals surface area contributed by atoms with Gasteiger partial charge in [0, 0.05) is 43.7 Å². The summed E-state index contributed by atoms with van der Waals surface area (Å²) in [5.74, 6) is 0.232. The minimum atomic E-state index is -0.0288. The molecule has 5 rings (SSSR count). The van der Waals surface area contributed by atoms with Crippen LogP contribution < -0.4 is 0 Å². The average molecular weight is 415 g/mol. The molecular formula is C25H26N4O2. The van der Waals surface area contributed by atoms with Crippen LogP contribution in [0.4, 0.5) is 0 Å². The molecule has 6 nitrogen and oxygen atoms in total. The van der Waals surface area contributed by atoms with Crippen LogP contribution in [0.5, 0.6) is 0 Å². The number of rotatable bonds is 3. The second-order valence-corrected chi connectivity index (χ2v) is 8.39. The second kappa shape index (κ2) is 8.46. The molecule has 0 saturated carbocycles. The normalized spacial score (nSPS) is 17.3. The fourth-order valence-electron chi connectivity index (χ4n) is 4.71. The summed E-state index contributed by atoms with van der Waals surface area (Å²) in [6, 6.07) is 15.4. The van der Waals surface area contributed by atoms with E-state index in [1.54, 1.807) is 12.3 Å². The average Bonchev–Trinajstić information content (AvgIpc) is 3.38. The molecule has 0 atom stereocenters. The summed E-state index contributed by atoms with van der Waals surface area (Å²) in [7, 11) is 0. The van der Waals surface area contributed by atoms with E-state index in [0.29, 0.717) is 18.8 Å². The van der Waals surface area contributed by atoms with E-state index in [2.05, 4.69) is 4.98 Å². The molecule has 158 valence electrons. The molecule has 2 aromatic heterocycles. The SMILES string of the molecule is O=C(c1ccccn1)N1CCC(c2nc3ccccc3cc2C(=O)N2CCCC2)CC1. The van der Waals surface area contributed by atoms with Crippen LogP contribution in [-0.4, -0.2) is 57.8 Å². The van der Waals surface area contributed by atoms with Gasteiger partial charge in [0.2, 0.25) is 0 Å². The Kier molecular flexibility index (Phi) is 5.37. The van der Waals surface area contributed by atoms with Gasteiger partial charge in [0.25, 0.3) is 11.8 Å². The lowest BCUT2D eigenvalue weighted by Gasteiger charge is -2.32. The molecule has 6 heteroatoms. The van der Waals surface area contributed by atoms with Crippen LogP contribution in [0.25, 0.3) is 10.9 Å². The third-order valence-corrected chi connectivity index (χ3v) is 6.43. The number of hydrogen-bond acceptors (Lipinski definition) is 4. The molecule has 0 N–H and O–H groups in total. The maximum absolute atomic E-state index is 13.3. The Balaban J connectivity index is 1.41. The fraction of sp³-hybridized carbons (Fsp3) is 0.360. The number of nitrogens with zero attached hydrogens (tertiary/aromatic N) is 4. The van der Waals surface area contributed by atoms with E-state index < -0.39 is 0 Å². The van der Waals surface area contributed by atoms with Crippen molar-refractivity contribution < 1.29 is 9.59 Å². The number of hydrogen-bond donors (Lipinski definition) is 0. The largest absolute Gasteiger partial charge is 0.339 e. The first kappa shape index (κ1) is 19.7. The van der Waals surface area contributed by atoms with E-state index in [-0.39, 0.29) is 17.7 Å². The summed E-state index contributed by atoms with van der Waals surface area (Å²) < 4.78 is 0. The lowest BCUT2D eigenvalue weighted by Crippen LogP contribution is -2.39. The number of para-hydroxylation sites is 1. The van der Waals surface area contributed by atoms with Gasteiger partial charge in [-0.2, -0.15) is 0 Å². The van der Waals surface area contributed by atoms with Gasteiger partial charge in [-0.3, -0.25) is 19.6 Å². The van der Waals surface area contributed by atoms with Crippen LogP contribution in [0.3, 0.4) is 0 Å². The number of carbonyl (C=O) groups excluding carboxylic acids is 2. The highest BCUT2D eigenvalue weighted by atomic mass is 16.2. The van der Waals surface area contributed by atoms with Crippen LogP contribution in [0, 0.1) is 0 Å². The molecular weight excluding hydrogens is 388 g/mol. The summed E-state index contributed by atoms with van der Waals surface area (Å²) in [4.78, 5) is 39.0. The van der Waals surface area contributed by atoms with Crippen molar-refractivity contribution in [3.63, 3.8) is 0 Å². The van der Waals surface area contributed by atoms with Crippen molar-refractivity contribution in [2.75, 3.05) is 26.2 Å². The number of amides is 2. The van der Waals surface area contributed by atoms with Crippen LogP contribution >= 0.6 is 0 Å². The van der Waals surface area contributed by atoms with Gasteiger partial charge in [-0.15, -0.1) is 0 Å². The molecule has 1 aromatic carbocycles. The molecule has 31 heavy (non-hydrogen) atoms. The van der Waals surface area contributed by atoms with Crippen molar-refractivity contribution in [3.8, 4) is 0 Å². The molecule has 2 amide bonds. The number of benzene rings is 1. The lowest BCUT2D eigenvalue weighted by molar-refractivity contribution is 0.0701. The van der Waals surface area contributed by atoms with Crippen molar-refractivity contribution in [2.24, 2.45) is 0 Å². The summed E-state index contributed by atoms with van der Waals surface area (Å²) >= 11 is 0. The Labute approximate surface area is 181 Å². The van der Waals surface area contributed by atoms with Crippen molar-refractivity contribution >= 4 is 22.7 Å². The standard InChI is InChI=1S/C25H26N4O2/c30-24(28-13-5-6-14-28)20-17-19-7-1-2-8-21(19)27-23(20)18-10-15-29(16-11-18)25(31)22-9-3-4-12-26-22/h1-4,7-9,12,17-18H,5-6,10-11,13-16H2. The van der Waals surface area contributed by atoms with Gasteiger partial charge in [-0.25, -0.2) is 0 Å². The van der Waals surface area contributed by atoms with E-state index >= 15 is 0 Å². The minimum absolute atomic E-state index is 0.0288. The molecule has 4 heterocycles. The Hall–Kier alpha value is -3.28. The number of pyridine rings is 2. The highest BCUT2D eigenvalue weighted by molar-refractivity contribution is 5.99. The van der Waals surface area contributed by atoms with Gasteiger partial charge < -0.3 is 9.80 Å². The van der Waals surface area contributed by atoms with Gasteiger partial charge in [0.05, 0.1) is 16.8 Å². The summed E-state index contributed by atoms with van der Waals surface area (Å²) in [5.41, 5.74) is 3.02. The molecule has 2 aliphatic heterocycles. The van der Waals surface area contributed by atoms with Gasteiger partial charge in [-0.05, 0) is 49.9 Å². The van der Waals surface area contributed by atoms with Crippen LogP contribution in [-0.2, 0) is 0 Å². The molecule has 2 aliphatic rings. The number of carbonyl (C=O) groups is 2. The van der Waals surface area contributed by atoms with Crippen molar-refractivity contribution in [1.29, 1.82) is 0 Å². The summed E-state index contributed by atoms with van der Waals surface area (Å²) in [6.45, 7) is 2.93. The van der Waals surface area contributed by atoms with Gasteiger partial charge >= 0.3 is 0 Å². The molecule has 0 unspecified atom stereocenters. The Morgan fingerprint density at radius 2 is 1.55 bits per heavy atom. The maximum atomic E-state index is 13.3. The zero-order valence-electron chi connectivity index (χ0n) is 17.5. The molecule has 0 radical (unpaired) electrons. The topological polar surface area (TPSA) is 66.4 Å². The first-order valence-electron chi connectivity index (χ1n) is 11.1. The van der Waals surface area contributed by atoms with Crippen LogP contribution in [0.2, 0.25) is 0 Å².